The zero-order valence-electron chi connectivity index (χ0n) is 25.9. The normalized spacial score (nSPS) is 14.3. The Kier molecular flexibility index (Phi) is 9.56. The van der Waals surface area contributed by atoms with E-state index in [0.717, 1.165) is 11.1 Å². The number of hydrogen-bond donors (Lipinski definition) is 0. The van der Waals surface area contributed by atoms with E-state index in [1.54, 1.807) is 48.9 Å². The minimum absolute atomic E-state index is 0.164. The first kappa shape index (κ1) is 31.8. The van der Waals surface area contributed by atoms with Gasteiger partial charge in [0.25, 0.3) is 5.56 Å². The van der Waals surface area contributed by atoms with Gasteiger partial charge in [0.05, 0.1) is 47.7 Å². The van der Waals surface area contributed by atoms with Crippen LogP contribution in [0.3, 0.4) is 0 Å². The van der Waals surface area contributed by atoms with Crippen molar-refractivity contribution in [2.45, 2.75) is 19.6 Å². The van der Waals surface area contributed by atoms with Gasteiger partial charge >= 0.3 is 5.97 Å². The zero-order valence-corrected chi connectivity index (χ0v) is 27.5. The summed E-state index contributed by atoms with van der Waals surface area (Å²) < 4.78 is 24.5. The predicted octanol–water partition coefficient (Wildman–Crippen LogP) is 6.19. The number of carbonyl (C=O) groups excluding carboxylic acids is 1. The zero-order chi connectivity index (χ0) is 32.9. The van der Waals surface area contributed by atoms with E-state index < -0.39 is 12.0 Å². The molecule has 0 unspecified atom stereocenters. The maximum absolute atomic E-state index is 14.3. The highest BCUT2D eigenvalue weighted by molar-refractivity contribution is 7.07. The molecule has 5 aromatic rings. The molecular weight excluding hydrogens is 636 g/mol. The number of hydrogen-bond acceptors (Lipinski definition) is 8. The van der Waals surface area contributed by atoms with Crippen LogP contribution in [0, 0.1) is 0 Å². The average molecular weight is 667 g/mol. The first-order chi connectivity index (χ1) is 22.9. The molecule has 4 aromatic carbocycles. The first-order valence-corrected chi connectivity index (χ1v) is 16.1. The molecule has 0 amide bonds. The van der Waals surface area contributed by atoms with Gasteiger partial charge in [-0.3, -0.25) is 9.36 Å². The van der Waals surface area contributed by atoms with Crippen LogP contribution in [-0.4, -0.2) is 31.4 Å². The van der Waals surface area contributed by atoms with Gasteiger partial charge in [-0.1, -0.05) is 95.7 Å². The van der Waals surface area contributed by atoms with Crippen LogP contribution in [0.5, 0.6) is 17.2 Å². The summed E-state index contributed by atoms with van der Waals surface area (Å²) in [5, 5.41) is 0.339. The highest BCUT2D eigenvalue weighted by Gasteiger charge is 2.35. The molecule has 1 aromatic heterocycles. The largest absolute Gasteiger partial charge is 0.497 e. The number of fused-ring (bicyclic) bond motifs is 1. The second-order valence-electron chi connectivity index (χ2n) is 10.5. The molecule has 0 saturated heterocycles. The van der Waals surface area contributed by atoms with Gasteiger partial charge in [-0.2, -0.15) is 0 Å². The molecule has 47 heavy (non-hydrogen) atoms. The summed E-state index contributed by atoms with van der Waals surface area (Å²) in [7, 11) is 3.12. The summed E-state index contributed by atoms with van der Waals surface area (Å²) in [5.74, 6) is 0.934. The highest BCUT2D eigenvalue weighted by Crippen LogP contribution is 2.38. The van der Waals surface area contributed by atoms with Crippen LogP contribution >= 0.6 is 22.9 Å². The summed E-state index contributed by atoms with van der Waals surface area (Å²) in [4.78, 5) is 33.3. The van der Waals surface area contributed by atoms with E-state index in [4.69, 9.17) is 35.5 Å². The Balaban J connectivity index is 1.50. The van der Waals surface area contributed by atoms with Gasteiger partial charge in [-0.15, -0.1) is 0 Å². The standard InChI is InChI=1S/C37H31ClN2O6S/c1-4-45-36(42)31-32(25-13-9-6-10-14-25)39-37-40(33(31)26-15-17-27(43-2)18-16-26)35(41)30(47-37)21-24-19-28(38)34(29(20-24)44-3)46-22-23-11-7-5-8-12-23/h5-21,33H,4,22H2,1-3H3/b30-21-/t33-/m0/s1. The van der Waals surface area contributed by atoms with Gasteiger partial charge in [-0.25, -0.2) is 9.79 Å². The van der Waals surface area contributed by atoms with Gasteiger partial charge in [0, 0.05) is 5.56 Å². The van der Waals surface area contributed by atoms with Gasteiger partial charge in [-0.05, 0) is 54.0 Å². The Hall–Kier alpha value is -5.12. The molecule has 238 valence electrons. The summed E-state index contributed by atoms with van der Waals surface area (Å²) in [6.45, 7) is 2.22. The predicted molar refractivity (Wildman–Crippen MR) is 183 cm³/mol. The molecule has 6 rings (SSSR count). The van der Waals surface area contributed by atoms with E-state index in [2.05, 4.69) is 0 Å². The smallest absolute Gasteiger partial charge is 0.338 e. The number of aromatic nitrogens is 1. The van der Waals surface area contributed by atoms with Crippen molar-refractivity contribution in [2.24, 2.45) is 4.99 Å². The monoisotopic (exact) mass is 666 g/mol. The molecule has 1 aliphatic heterocycles. The third-order valence-corrected chi connectivity index (χ3v) is 8.84. The second-order valence-corrected chi connectivity index (χ2v) is 11.9. The number of ether oxygens (including phenoxy) is 4. The molecular formula is C37H31ClN2O6S. The molecule has 0 saturated carbocycles. The van der Waals surface area contributed by atoms with Crippen molar-refractivity contribution in [2.75, 3.05) is 20.8 Å². The lowest BCUT2D eigenvalue weighted by molar-refractivity contribution is -0.138. The van der Waals surface area contributed by atoms with Crippen LogP contribution in [0.25, 0.3) is 11.8 Å². The molecule has 10 heteroatoms. The topological polar surface area (TPSA) is 88.4 Å². The lowest BCUT2D eigenvalue weighted by Crippen LogP contribution is -2.40. The van der Waals surface area contributed by atoms with E-state index in [0.29, 0.717) is 55.0 Å². The molecule has 0 fully saturated rings. The Bertz CT molecular complexity index is 2120. The molecule has 2 heterocycles. The van der Waals surface area contributed by atoms with Crippen LogP contribution < -0.4 is 29.1 Å². The number of esters is 1. The highest BCUT2D eigenvalue weighted by atomic mass is 35.5. The van der Waals surface area contributed by atoms with Crippen LogP contribution in [0.15, 0.2) is 112 Å². The average Bonchev–Trinajstić information content (AvgIpc) is 3.41. The van der Waals surface area contributed by atoms with Crippen LogP contribution in [0.4, 0.5) is 0 Å². The Morgan fingerprint density at radius 1 is 0.957 bits per heavy atom. The minimum atomic E-state index is -0.805. The van der Waals surface area contributed by atoms with E-state index in [1.165, 1.54) is 18.4 Å². The SMILES string of the molecule is CCOC(=O)C1=C(c2ccccc2)N=c2s/c(=C\c3cc(Cl)c(OCc4ccccc4)c(OC)c3)c(=O)n2[C@H]1c1ccc(OC)cc1. The van der Waals surface area contributed by atoms with Gasteiger partial charge in [0.2, 0.25) is 0 Å². The number of nitrogens with zero attached hydrogens (tertiary/aromatic N) is 2. The number of rotatable bonds is 10. The Morgan fingerprint density at radius 3 is 2.32 bits per heavy atom. The third-order valence-electron chi connectivity index (χ3n) is 7.58. The molecule has 0 N–H and O–H groups in total. The maximum atomic E-state index is 14.3. The number of carbonyl (C=O) groups is 1. The molecule has 0 aliphatic carbocycles. The van der Waals surface area contributed by atoms with Crippen molar-refractivity contribution in [1.29, 1.82) is 0 Å². The van der Waals surface area contributed by atoms with E-state index >= 15 is 0 Å². The minimum Gasteiger partial charge on any atom is -0.497 e. The molecule has 0 radical (unpaired) electrons. The van der Waals surface area contributed by atoms with Crippen molar-refractivity contribution >= 4 is 40.7 Å². The molecule has 8 nitrogen and oxygen atoms in total. The van der Waals surface area contributed by atoms with Crippen LogP contribution in [-0.2, 0) is 16.1 Å². The fourth-order valence-electron chi connectivity index (χ4n) is 5.39. The Morgan fingerprint density at radius 2 is 1.66 bits per heavy atom. The summed E-state index contributed by atoms with van der Waals surface area (Å²) in [6, 6.07) is 29.1. The Labute approximate surface area is 280 Å². The summed E-state index contributed by atoms with van der Waals surface area (Å²) >= 11 is 7.91. The number of thiazole rings is 1. The van der Waals surface area contributed by atoms with Gasteiger partial charge in [0.15, 0.2) is 16.3 Å². The van der Waals surface area contributed by atoms with Gasteiger partial charge in [0.1, 0.15) is 12.4 Å². The van der Waals surface area contributed by atoms with Crippen molar-refractivity contribution in [3.05, 3.63) is 150 Å². The van der Waals surface area contributed by atoms with Gasteiger partial charge < -0.3 is 18.9 Å². The van der Waals surface area contributed by atoms with E-state index in [-0.39, 0.29) is 17.7 Å². The fraction of sp³-hybridized carbons (Fsp3) is 0.162. The fourth-order valence-corrected chi connectivity index (χ4v) is 6.66. The summed E-state index contributed by atoms with van der Waals surface area (Å²) in [6.07, 6.45) is 1.74. The number of methoxy groups -OCH3 is 2. The van der Waals surface area contributed by atoms with Crippen LogP contribution in [0.1, 0.15) is 35.2 Å². The number of halogens is 1. The molecule has 0 bridgehead atoms. The van der Waals surface area contributed by atoms with E-state index in [9.17, 15) is 9.59 Å². The second kappa shape index (κ2) is 14.1. The van der Waals surface area contributed by atoms with Crippen molar-refractivity contribution in [1.82, 2.24) is 4.57 Å². The maximum Gasteiger partial charge on any atom is 0.338 e. The lowest BCUT2D eigenvalue weighted by Gasteiger charge is -2.26. The quantitative estimate of drug-likeness (QED) is 0.165. The summed E-state index contributed by atoms with van der Waals surface area (Å²) in [5.41, 5.74) is 3.46. The van der Waals surface area contributed by atoms with E-state index in [1.807, 2.05) is 72.8 Å². The molecule has 1 aliphatic rings. The first-order valence-electron chi connectivity index (χ1n) is 14.9. The van der Waals surface area contributed by atoms with Crippen molar-refractivity contribution in [3.8, 4) is 17.2 Å². The van der Waals surface area contributed by atoms with Crippen LogP contribution in [0.2, 0.25) is 5.02 Å². The van der Waals surface area contributed by atoms with Crippen molar-refractivity contribution < 1.29 is 23.7 Å². The number of benzene rings is 4. The lowest BCUT2D eigenvalue weighted by atomic mass is 9.93. The third kappa shape index (κ3) is 6.58. The molecule has 1 atom stereocenters. The van der Waals surface area contributed by atoms with Crippen molar-refractivity contribution in [3.63, 3.8) is 0 Å². The molecule has 0 spiro atoms.